The van der Waals surface area contributed by atoms with Crippen LogP contribution in [0.1, 0.15) is 22.3 Å². The molecule has 0 atom stereocenters. The Hall–Kier alpha value is -4.50. The van der Waals surface area contributed by atoms with E-state index >= 15 is 0 Å². The van der Waals surface area contributed by atoms with Gasteiger partial charge in [-0.05, 0) is 82.9 Å². The standard InChI is InChI=1S/C46H50O12.2CH2Cl2/c1-5-13-43-39(9-1)51-25-21-47-17-18-48-22-26-52-40-10-2-6-14-44(40)56-32-36-30-38-34-58-46-16-8-4-12-42(46)54-28-24-50-20-19-49-23-27-53-41-11-3-7-15-45(41)57-33-37(38)29-35(36)31-55-43;2*2-1-3/h1-16,29-30H,17-28,31-34H2;2*1H2. The summed E-state index contributed by atoms with van der Waals surface area (Å²) in [5.74, 6) is 4.90. The van der Waals surface area contributed by atoms with Crippen LogP contribution in [0.5, 0.6) is 46.0 Å². The van der Waals surface area contributed by atoms with Gasteiger partial charge in [0, 0.05) is 0 Å². The third-order valence-corrected chi connectivity index (χ3v) is 9.14. The quantitative estimate of drug-likeness (QED) is 0.138. The molecule has 346 valence electrons. The summed E-state index contributed by atoms with van der Waals surface area (Å²) in [7, 11) is 0. The lowest BCUT2D eigenvalue weighted by Crippen LogP contribution is -2.15. The van der Waals surface area contributed by atoms with E-state index in [9.17, 15) is 0 Å². The van der Waals surface area contributed by atoms with Gasteiger partial charge in [0.15, 0.2) is 46.0 Å². The van der Waals surface area contributed by atoms with E-state index in [4.69, 9.17) is 103 Å². The molecule has 0 saturated carbocycles. The Bertz CT molecular complexity index is 1780. The molecule has 0 saturated heterocycles. The summed E-state index contributed by atoms with van der Waals surface area (Å²) in [5, 5.41) is 0.389. The van der Waals surface area contributed by atoms with E-state index in [2.05, 4.69) is 12.1 Å². The van der Waals surface area contributed by atoms with E-state index < -0.39 is 0 Å². The maximum atomic E-state index is 6.50. The highest BCUT2D eigenvalue weighted by molar-refractivity contribution is 6.41. The molecule has 0 spiro atoms. The lowest BCUT2D eigenvalue weighted by atomic mass is 9.99. The third-order valence-electron chi connectivity index (χ3n) is 9.14. The second-order valence-electron chi connectivity index (χ2n) is 13.4. The molecule has 0 bridgehead atoms. The highest BCUT2D eigenvalue weighted by atomic mass is 35.5. The van der Waals surface area contributed by atoms with Gasteiger partial charge >= 0.3 is 0 Å². The van der Waals surface area contributed by atoms with E-state index in [-0.39, 0.29) is 37.1 Å². The Morgan fingerprint density at radius 2 is 0.438 bits per heavy atom. The molecule has 12 nitrogen and oxygen atoms in total. The Balaban J connectivity index is 0.00000122. The van der Waals surface area contributed by atoms with Gasteiger partial charge in [0.2, 0.25) is 0 Å². The lowest BCUT2D eigenvalue weighted by Gasteiger charge is -2.21. The fraction of sp³-hybridized carbons (Fsp3) is 0.375. The van der Waals surface area contributed by atoms with Gasteiger partial charge in [-0.2, -0.15) is 0 Å². The van der Waals surface area contributed by atoms with Crippen LogP contribution in [0.15, 0.2) is 109 Å². The molecule has 5 aromatic rings. The number of hydrogen-bond donors (Lipinski definition) is 0. The van der Waals surface area contributed by atoms with Gasteiger partial charge in [0.25, 0.3) is 0 Å². The molecule has 0 aromatic heterocycles. The molecule has 0 fully saturated rings. The Labute approximate surface area is 395 Å². The normalized spacial score (nSPS) is 15.7. The van der Waals surface area contributed by atoms with Gasteiger partial charge < -0.3 is 56.8 Å². The number of fused-ring (bicyclic) bond motifs is 6. The smallest absolute Gasteiger partial charge is 0.161 e. The van der Waals surface area contributed by atoms with E-state index in [0.717, 1.165) is 22.3 Å². The molecule has 2 aliphatic heterocycles. The van der Waals surface area contributed by atoms with E-state index in [1.807, 2.05) is 97.1 Å². The molecule has 2 aliphatic rings. The summed E-state index contributed by atoms with van der Waals surface area (Å²) in [6.45, 7) is 5.71. The highest BCUT2D eigenvalue weighted by Crippen LogP contribution is 2.34. The van der Waals surface area contributed by atoms with Crippen LogP contribution in [0.2, 0.25) is 0 Å². The molecular formula is C48H54Cl4O12. The van der Waals surface area contributed by atoms with Gasteiger partial charge in [-0.1, -0.05) is 48.5 Å². The minimum Gasteiger partial charge on any atom is -0.487 e. The fourth-order valence-corrected chi connectivity index (χ4v) is 6.19. The summed E-state index contributed by atoms with van der Waals surface area (Å²) < 4.78 is 73.2. The van der Waals surface area contributed by atoms with Crippen molar-refractivity contribution in [1.82, 2.24) is 0 Å². The Morgan fingerprint density at radius 1 is 0.266 bits per heavy atom. The first-order valence-electron chi connectivity index (χ1n) is 20.7. The predicted molar refractivity (Wildman–Crippen MR) is 248 cm³/mol. The first kappa shape index (κ1) is 50.5. The van der Waals surface area contributed by atoms with E-state index in [1.54, 1.807) is 0 Å². The van der Waals surface area contributed by atoms with Crippen molar-refractivity contribution in [3.05, 3.63) is 131 Å². The summed E-state index contributed by atoms with van der Waals surface area (Å²) in [6, 6.07) is 34.6. The van der Waals surface area contributed by atoms with Crippen molar-refractivity contribution >= 4 is 46.4 Å². The molecule has 0 radical (unpaired) electrons. The molecule has 5 aromatic carbocycles. The minimum absolute atomic E-state index is 0.194. The SMILES string of the molecule is ClCCl.ClCCl.c1ccc2c(c1)OCCOCCOCCOc1ccccc1OCc1cc3c(cc1CO2)COc1ccccc1OCCOCCOCCOc1ccccc1OC3. The summed E-state index contributed by atoms with van der Waals surface area (Å²) >= 11 is 19.1. The lowest BCUT2D eigenvalue weighted by molar-refractivity contribution is 0.0267. The summed E-state index contributed by atoms with van der Waals surface area (Å²) in [6.07, 6.45) is 0. The van der Waals surface area contributed by atoms with Crippen molar-refractivity contribution in [2.45, 2.75) is 26.4 Å². The Kier molecular flexibility index (Phi) is 24.1. The van der Waals surface area contributed by atoms with Crippen LogP contribution in [0, 0.1) is 0 Å². The van der Waals surface area contributed by atoms with Crippen LogP contribution < -0.4 is 37.9 Å². The number of benzene rings is 5. The van der Waals surface area contributed by atoms with Crippen molar-refractivity contribution in [1.29, 1.82) is 0 Å². The van der Waals surface area contributed by atoms with Crippen LogP contribution in [0.4, 0.5) is 0 Å². The molecule has 7 rings (SSSR count). The highest BCUT2D eigenvalue weighted by Gasteiger charge is 2.18. The number of halogens is 4. The van der Waals surface area contributed by atoms with Crippen LogP contribution in [0.3, 0.4) is 0 Å². The number of para-hydroxylation sites is 8. The number of alkyl halides is 4. The number of hydrogen-bond acceptors (Lipinski definition) is 12. The zero-order valence-electron chi connectivity index (χ0n) is 35.5. The maximum Gasteiger partial charge on any atom is 0.161 e. The summed E-state index contributed by atoms with van der Waals surface area (Å²) in [4.78, 5) is 0. The first-order valence-corrected chi connectivity index (χ1v) is 22.8. The average Bonchev–Trinajstić information content (AvgIpc) is 3.31. The van der Waals surface area contributed by atoms with Crippen molar-refractivity contribution in [3.63, 3.8) is 0 Å². The van der Waals surface area contributed by atoms with Gasteiger partial charge in [-0.3, -0.25) is 0 Å². The first-order chi connectivity index (χ1) is 31.6. The molecule has 0 amide bonds. The van der Waals surface area contributed by atoms with Crippen molar-refractivity contribution < 1.29 is 56.8 Å². The third kappa shape index (κ3) is 17.8. The van der Waals surface area contributed by atoms with E-state index in [0.29, 0.717) is 125 Å². The van der Waals surface area contributed by atoms with E-state index in [1.165, 1.54) is 0 Å². The van der Waals surface area contributed by atoms with Crippen LogP contribution in [0.25, 0.3) is 0 Å². The van der Waals surface area contributed by atoms with Crippen LogP contribution in [-0.2, 0) is 45.4 Å². The second kappa shape index (κ2) is 30.6. The van der Waals surface area contributed by atoms with Gasteiger partial charge in [0.05, 0.1) is 63.5 Å². The van der Waals surface area contributed by atoms with Crippen LogP contribution >= 0.6 is 46.4 Å². The molecule has 0 aliphatic carbocycles. The maximum absolute atomic E-state index is 6.50. The Morgan fingerprint density at radius 3 is 0.641 bits per heavy atom. The minimum atomic E-state index is 0.194. The molecule has 0 N–H and O–H groups in total. The molecule has 64 heavy (non-hydrogen) atoms. The molecular weight excluding hydrogens is 910 g/mol. The van der Waals surface area contributed by atoms with Gasteiger partial charge in [-0.15, -0.1) is 46.4 Å². The number of rotatable bonds is 0. The fourth-order valence-electron chi connectivity index (χ4n) is 6.19. The van der Waals surface area contributed by atoms with Crippen molar-refractivity contribution in [2.75, 3.05) is 90.0 Å². The number of ether oxygens (including phenoxy) is 12. The zero-order valence-corrected chi connectivity index (χ0v) is 38.6. The van der Waals surface area contributed by atoms with Gasteiger partial charge in [-0.25, -0.2) is 0 Å². The largest absolute Gasteiger partial charge is 0.487 e. The van der Waals surface area contributed by atoms with Gasteiger partial charge in [0.1, 0.15) is 52.9 Å². The molecule has 16 heteroatoms. The zero-order chi connectivity index (χ0) is 44.9. The van der Waals surface area contributed by atoms with Crippen molar-refractivity contribution in [3.8, 4) is 46.0 Å². The van der Waals surface area contributed by atoms with Crippen molar-refractivity contribution in [2.24, 2.45) is 0 Å². The topological polar surface area (TPSA) is 111 Å². The average molecular weight is 965 g/mol. The molecule has 0 unspecified atom stereocenters. The molecule has 2 heterocycles. The predicted octanol–water partition coefficient (Wildman–Crippen LogP) is 10.5. The monoisotopic (exact) mass is 962 g/mol. The van der Waals surface area contributed by atoms with Crippen LogP contribution in [-0.4, -0.2) is 90.0 Å². The second-order valence-corrected chi connectivity index (χ2v) is 15.0. The summed E-state index contributed by atoms with van der Waals surface area (Å²) in [5.41, 5.74) is 3.56.